The molecule has 1 heterocycles. The largest absolute Gasteiger partial charge is 0.748 e. The van der Waals surface area contributed by atoms with E-state index in [1.807, 2.05) is 7.05 Å². The second-order valence-electron chi connectivity index (χ2n) is 5.09. The molecule has 21 heavy (non-hydrogen) atoms. The van der Waals surface area contributed by atoms with Gasteiger partial charge in [0.2, 0.25) is 6.33 Å². The molecule has 0 aliphatic rings. The Morgan fingerprint density at radius 2 is 1.95 bits per heavy atom. The van der Waals surface area contributed by atoms with Crippen molar-refractivity contribution in [1.29, 1.82) is 0 Å². The first-order valence-electron chi connectivity index (χ1n) is 7.18. The van der Waals surface area contributed by atoms with Gasteiger partial charge in [0.1, 0.15) is 18.2 Å². The monoisotopic (exact) mass is 318 g/mol. The number of hydrogen-bond acceptors (Lipinski definition) is 4. The molecule has 7 heteroatoms. The number of ketones is 1. The Morgan fingerprint density at radius 3 is 2.38 bits per heavy atom. The molecule has 0 atom stereocenters. The maximum Gasteiger partial charge on any atom is 0.243 e. The van der Waals surface area contributed by atoms with E-state index in [1.165, 1.54) is 19.8 Å². The van der Waals surface area contributed by atoms with E-state index >= 15 is 0 Å². The summed E-state index contributed by atoms with van der Waals surface area (Å²) in [6, 6.07) is 0. The van der Waals surface area contributed by atoms with Crippen molar-refractivity contribution < 1.29 is 22.3 Å². The molecule has 1 aromatic rings. The summed E-state index contributed by atoms with van der Waals surface area (Å²) in [6.45, 7) is 4.80. The van der Waals surface area contributed by atoms with Crippen molar-refractivity contribution in [1.82, 2.24) is 4.57 Å². The molecule has 0 fully saturated rings. The van der Waals surface area contributed by atoms with Gasteiger partial charge >= 0.3 is 0 Å². The van der Waals surface area contributed by atoms with E-state index < -0.39 is 10.1 Å². The number of carbonyl (C=O) groups is 1. The fraction of sp³-hybridized carbons (Fsp3) is 0.714. The fourth-order valence-corrected chi connectivity index (χ4v) is 2.19. The molecule has 0 saturated carbocycles. The minimum absolute atomic E-state index is 0.0216. The van der Waals surface area contributed by atoms with Crippen molar-refractivity contribution in [3.8, 4) is 0 Å². The van der Waals surface area contributed by atoms with Crippen molar-refractivity contribution in [3.63, 3.8) is 0 Å². The lowest BCUT2D eigenvalue weighted by molar-refractivity contribution is -0.671. The molecule has 0 saturated heterocycles. The zero-order chi connectivity index (χ0) is 16.3. The Kier molecular flexibility index (Phi) is 9.90. The molecule has 0 amide bonds. The van der Waals surface area contributed by atoms with Crippen molar-refractivity contribution in [2.45, 2.75) is 52.5 Å². The van der Waals surface area contributed by atoms with Gasteiger partial charge in [0.25, 0.3) is 0 Å². The van der Waals surface area contributed by atoms with Crippen LogP contribution in [0.1, 0.15) is 46.0 Å². The fourth-order valence-electron chi connectivity index (χ4n) is 1.63. The third-order valence-corrected chi connectivity index (χ3v) is 3.56. The summed E-state index contributed by atoms with van der Waals surface area (Å²) in [4.78, 5) is 10.3. The van der Waals surface area contributed by atoms with E-state index in [2.05, 4.69) is 34.8 Å². The number of Topliss-reactive ketones (excluding diaryl/α,β-unsaturated/α-hetero) is 1. The van der Waals surface area contributed by atoms with Crippen LogP contribution in [-0.4, -0.2) is 29.1 Å². The van der Waals surface area contributed by atoms with E-state index in [9.17, 15) is 17.8 Å². The first-order chi connectivity index (χ1) is 9.74. The molecule has 1 rings (SSSR count). The van der Waals surface area contributed by atoms with Gasteiger partial charge in [0.15, 0.2) is 0 Å². The highest BCUT2D eigenvalue weighted by atomic mass is 32.2. The number of nitrogens with zero attached hydrogens (tertiary/aromatic N) is 2. The van der Waals surface area contributed by atoms with Gasteiger partial charge in [-0.2, -0.15) is 0 Å². The number of hydrogen-bond donors (Lipinski definition) is 0. The van der Waals surface area contributed by atoms with Gasteiger partial charge in [-0.25, -0.2) is 17.6 Å². The summed E-state index contributed by atoms with van der Waals surface area (Å²) in [5.41, 5.74) is 0. The van der Waals surface area contributed by atoms with Crippen LogP contribution in [0.5, 0.6) is 0 Å². The molecule has 6 nitrogen and oxygen atoms in total. The van der Waals surface area contributed by atoms with Gasteiger partial charge < -0.3 is 9.35 Å². The highest BCUT2D eigenvalue weighted by Gasteiger charge is 1.97. The third-order valence-electron chi connectivity index (χ3n) is 2.77. The lowest BCUT2D eigenvalue weighted by Crippen LogP contribution is -2.23. The zero-order valence-corrected chi connectivity index (χ0v) is 13.9. The Labute approximate surface area is 127 Å². The second kappa shape index (κ2) is 10.5. The summed E-state index contributed by atoms with van der Waals surface area (Å²) in [6.07, 6.45) is 9.94. The predicted molar refractivity (Wildman–Crippen MR) is 79.6 cm³/mol. The molecule has 122 valence electrons. The van der Waals surface area contributed by atoms with Crippen molar-refractivity contribution >= 4 is 15.9 Å². The number of unbranched alkanes of at least 4 members (excludes halogenated alkanes) is 2. The van der Waals surface area contributed by atoms with Gasteiger partial charge in [-0.1, -0.05) is 13.3 Å². The number of rotatable bonds is 8. The maximum atomic E-state index is 10.3. The summed E-state index contributed by atoms with van der Waals surface area (Å²) < 4.78 is 34.4. The molecular weight excluding hydrogens is 292 g/mol. The van der Waals surface area contributed by atoms with Crippen LogP contribution in [0.4, 0.5) is 0 Å². The highest BCUT2D eigenvalue weighted by Crippen LogP contribution is 1.98. The van der Waals surface area contributed by atoms with Crippen LogP contribution in [-0.2, 0) is 28.5 Å². The maximum absolute atomic E-state index is 10.3. The lowest BCUT2D eigenvalue weighted by atomic mass is 10.2. The van der Waals surface area contributed by atoms with Gasteiger partial charge in [-0.3, -0.25) is 0 Å². The van der Waals surface area contributed by atoms with E-state index in [0.717, 1.165) is 6.54 Å². The zero-order valence-electron chi connectivity index (χ0n) is 13.1. The summed E-state index contributed by atoms with van der Waals surface area (Å²) in [7, 11) is -2.04. The Hall–Kier alpha value is -1.21. The molecule has 0 aromatic carbocycles. The Bertz CT molecular complexity index is 509. The number of imidazole rings is 1. The van der Waals surface area contributed by atoms with Crippen LogP contribution in [0.2, 0.25) is 0 Å². The smallest absolute Gasteiger partial charge is 0.243 e. The molecule has 0 aliphatic carbocycles. The predicted octanol–water partition coefficient (Wildman–Crippen LogP) is 1.40. The molecule has 0 aliphatic heterocycles. The van der Waals surface area contributed by atoms with E-state index in [0.29, 0.717) is 12.8 Å². The van der Waals surface area contributed by atoms with E-state index in [1.54, 1.807) is 0 Å². The summed E-state index contributed by atoms with van der Waals surface area (Å²) >= 11 is 0. The lowest BCUT2D eigenvalue weighted by Gasteiger charge is -2.04. The SMILES string of the molecule is CC(=O)CCCCS(=O)(=O)[O-].CCCCn1cc[n+](C)c1. The minimum Gasteiger partial charge on any atom is -0.748 e. The summed E-state index contributed by atoms with van der Waals surface area (Å²) in [5, 5.41) is 0. The number of aryl methyl sites for hydroxylation is 2. The number of aromatic nitrogens is 2. The standard InChI is InChI=1S/C8H15N2.C6H12O4S/c1-3-4-5-10-7-6-9(2)8-10;1-6(7)4-2-3-5-11(8,9)10/h6-8H,3-5H2,1-2H3;2-5H2,1H3,(H,8,9,10)/q+1;/p-1. The summed E-state index contributed by atoms with van der Waals surface area (Å²) in [5.74, 6) is -0.339. The molecule has 0 N–H and O–H groups in total. The minimum atomic E-state index is -4.08. The second-order valence-corrected chi connectivity index (χ2v) is 6.61. The topological polar surface area (TPSA) is 83.1 Å². The Balaban J connectivity index is 0.000000382. The molecule has 1 aromatic heterocycles. The van der Waals surface area contributed by atoms with Crippen LogP contribution in [0.25, 0.3) is 0 Å². The average Bonchev–Trinajstić information content (AvgIpc) is 2.77. The molecule has 0 unspecified atom stereocenters. The van der Waals surface area contributed by atoms with Crippen molar-refractivity contribution in [2.75, 3.05) is 5.75 Å². The quantitative estimate of drug-likeness (QED) is 0.412. The van der Waals surface area contributed by atoms with E-state index in [-0.39, 0.29) is 18.0 Å². The molecular formula is C14H26N2O4S. The van der Waals surface area contributed by atoms with Gasteiger partial charge in [-0.05, 0) is 26.2 Å². The average molecular weight is 318 g/mol. The van der Waals surface area contributed by atoms with E-state index in [4.69, 9.17) is 0 Å². The van der Waals surface area contributed by atoms with Crippen LogP contribution >= 0.6 is 0 Å². The van der Waals surface area contributed by atoms with Crippen LogP contribution < -0.4 is 4.57 Å². The van der Waals surface area contributed by atoms with Gasteiger partial charge in [-0.15, -0.1) is 0 Å². The highest BCUT2D eigenvalue weighted by molar-refractivity contribution is 7.85. The number of carbonyl (C=O) groups excluding carboxylic acids is 1. The normalized spacial score (nSPS) is 10.9. The molecule has 0 bridgehead atoms. The first-order valence-corrected chi connectivity index (χ1v) is 8.76. The van der Waals surface area contributed by atoms with Crippen molar-refractivity contribution in [3.05, 3.63) is 18.7 Å². The van der Waals surface area contributed by atoms with Crippen LogP contribution in [0.15, 0.2) is 18.7 Å². The molecule has 0 radical (unpaired) electrons. The molecule has 0 spiro atoms. The van der Waals surface area contributed by atoms with Crippen LogP contribution in [0.3, 0.4) is 0 Å². The van der Waals surface area contributed by atoms with Gasteiger partial charge in [0.05, 0.1) is 23.7 Å². The Morgan fingerprint density at radius 1 is 1.29 bits per heavy atom. The first kappa shape index (κ1) is 19.8. The third kappa shape index (κ3) is 13.5. The van der Waals surface area contributed by atoms with Crippen LogP contribution in [0, 0.1) is 0 Å². The van der Waals surface area contributed by atoms with Crippen molar-refractivity contribution in [2.24, 2.45) is 7.05 Å². The van der Waals surface area contributed by atoms with Gasteiger partial charge in [0, 0.05) is 12.2 Å².